The summed E-state index contributed by atoms with van der Waals surface area (Å²) in [6.45, 7) is 0. The fourth-order valence-corrected chi connectivity index (χ4v) is 2.04. The summed E-state index contributed by atoms with van der Waals surface area (Å²) in [5.41, 5.74) is 0.936. The van der Waals surface area contributed by atoms with Gasteiger partial charge in [-0.2, -0.15) is 0 Å². The third-order valence-corrected chi connectivity index (χ3v) is 3.22. The zero-order valence-electron chi connectivity index (χ0n) is 11.1. The molecule has 0 aliphatic carbocycles. The van der Waals surface area contributed by atoms with Gasteiger partial charge >= 0.3 is 5.97 Å². The molecule has 2 aromatic carbocycles. The standard InChI is InChI=1S/C16H15ClO3/c1-19-14-8-4-5-9-15(14)20-16(18)11-10-12-6-2-3-7-13(12)17/h2-9H,10-11H2,1H3. The van der Waals surface area contributed by atoms with Gasteiger partial charge in [-0.1, -0.05) is 41.9 Å². The van der Waals surface area contributed by atoms with Crippen molar-refractivity contribution in [2.24, 2.45) is 0 Å². The highest BCUT2D eigenvalue weighted by molar-refractivity contribution is 6.31. The van der Waals surface area contributed by atoms with Gasteiger partial charge in [0, 0.05) is 5.02 Å². The lowest BCUT2D eigenvalue weighted by Crippen LogP contribution is -2.09. The summed E-state index contributed by atoms with van der Waals surface area (Å²) in [7, 11) is 1.54. The maximum atomic E-state index is 11.8. The minimum atomic E-state index is -0.311. The lowest BCUT2D eigenvalue weighted by molar-refractivity contribution is -0.134. The van der Waals surface area contributed by atoms with Crippen LogP contribution in [0.2, 0.25) is 5.02 Å². The Morgan fingerprint density at radius 1 is 1.05 bits per heavy atom. The zero-order chi connectivity index (χ0) is 14.4. The molecule has 4 heteroatoms. The number of ether oxygens (including phenoxy) is 2. The number of aryl methyl sites for hydroxylation is 1. The van der Waals surface area contributed by atoms with Crippen molar-refractivity contribution in [3.63, 3.8) is 0 Å². The highest BCUT2D eigenvalue weighted by Gasteiger charge is 2.10. The van der Waals surface area contributed by atoms with Crippen molar-refractivity contribution in [3.8, 4) is 11.5 Å². The number of carbonyl (C=O) groups is 1. The van der Waals surface area contributed by atoms with Crippen LogP contribution in [0.5, 0.6) is 11.5 Å². The molecule has 0 atom stereocenters. The van der Waals surface area contributed by atoms with Crippen LogP contribution in [0.3, 0.4) is 0 Å². The van der Waals surface area contributed by atoms with Crippen molar-refractivity contribution in [2.45, 2.75) is 12.8 Å². The molecule has 0 aliphatic heterocycles. The highest BCUT2D eigenvalue weighted by atomic mass is 35.5. The summed E-state index contributed by atoms with van der Waals surface area (Å²) in [5, 5.41) is 0.664. The highest BCUT2D eigenvalue weighted by Crippen LogP contribution is 2.26. The first-order valence-corrected chi connectivity index (χ1v) is 6.65. The lowest BCUT2D eigenvalue weighted by atomic mass is 10.1. The minimum Gasteiger partial charge on any atom is -0.493 e. The number of para-hydroxylation sites is 2. The predicted octanol–water partition coefficient (Wildman–Crippen LogP) is 3.89. The quantitative estimate of drug-likeness (QED) is 0.619. The smallest absolute Gasteiger partial charge is 0.311 e. The fourth-order valence-electron chi connectivity index (χ4n) is 1.81. The Hall–Kier alpha value is -2.00. The van der Waals surface area contributed by atoms with Crippen LogP contribution in [0, 0.1) is 0 Å². The number of esters is 1. The first-order chi connectivity index (χ1) is 9.70. The summed E-state index contributed by atoms with van der Waals surface area (Å²) in [6.07, 6.45) is 0.815. The molecule has 0 unspecified atom stereocenters. The van der Waals surface area contributed by atoms with Gasteiger partial charge < -0.3 is 9.47 Å². The molecule has 20 heavy (non-hydrogen) atoms. The average Bonchev–Trinajstić information content (AvgIpc) is 2.47. The molecule has 0 saturated carbocycles. The number of hydrogen-bond acceptors (Lipinski definition) is 3. The molecule has 2 aromatic rings. The van der Waals surface area contributed by atoms with E-state index in [1.165, 1.54) is 7.11 Å². The third-order valence-electron chi connectivity index (χ3n) is 2.85. The molecule has 104 valence electrons. The molecule has 0 saturated heterocycles. The average molecular weight is 291 g/mol. The van der Waals surface area contributed by atoms with Crippen LogP contribution in [-0.2, 0) is 11.2 Å². The number of rotatable bonds is 5. The molecule has 2 rings (SSSR count). The number of carbonyl (C=O) groups excluding carboxylic acids is 1. The molecule has 0 bridgehead atoms. The second kappa shape index (κ2) is 6.96. The minimum absolute atomic E-state index is 0.266. The molecule has 0 aliphatic rings. The molecule has 0 amide bonds. The van der Waals surface area contributed by atoms with Gasteiger partial charge in [0.2, 0.25) is 0 Å². The predicted molar refractivity (Wildman–Crippen MR) is 78.4 cm³/mol. The van der Waals surface area contributed by atoms with E-state index in [0.717, 1.165) is 5.56 Å². The van der Waals surface area contributed by atoms with Crippen molar-refractivity contribution in [1.82, 2.24) is 0 Å². The number of hydrogen-bond donors (Lipinski definition) is 0. The van der Waals surface area contributed by atoms with Crippen LogP contribution >= 0.6 is 11.6 Å². The van der Waals surface area contributed by atoms with E-state index < -0.39 is 0 Å². The van der Waals surface area contributed by atoms with E-state index in [4.69, 9.17) is 21.1 Å². The van der Waals surface area contributed by atoms with E-state index >= 15 is 0 Å². The maximum Gasteiger partial charge on any atom is 0.311 e. The molecule has 0 radical (unpaired) electrons. The van der Waals surface area contributed by atoms with E-state index in [-0.39, 0.29) is 12.4 Å². The Labute approximate surface area is 123 Å². The summed E-state index contributed by atoms with van der Waals surface area (Å²) in [5.74, 6) is 0.659. The van der Waals surface area contributed by atoms with Crippen LogP contribution in [0.4, 0.5) is 0 Å². The van der Waals surface area contributed by atoms with Gasteiger partial charge in [-0.15, -0.1) is 0 Å². The Balaban J connectivity index is 1.95. The fraction of sp³-hybridized carbons (Fsp3) is 0.188. The lowest BCUT2D eigenvalue weighted by Gasteiger charge is -2.09. The molecular formula is C16H15ClO3. The zero-order valence-corrected chi connectivity index (χ0v) is 11.9. The van der Waals surface area contributed by atoms with Crippen molar-refractivity contribution in [1.29, 1.82) is 0 Å². The SMILES string of the molecule is COc1ccccc1OC(=O)CCc1ccccc1Cl. The maximum absolute atomic E-state index is 11.8. The van der Waals surface area contributed by atoms with E-state index in [1.807, 2.05) is 30.3 Å². The number of halogens is 1. The van der Waals surface area contributed by atoms with Crippen LogP contribution in [0.1, 0.15) is 12.0 Å². The molecule has 0 heterocycles. The van der Waals surface area contributed by atoms with Gasteiger partial charge in [-0.05, 0) is 30.2 Å². The second-order valence-electron chi connectivity index (χ2n) is 4.22. The van der Waals surface area contributed by atoms with E-state index in [0.29, 0.717) is 22.9 Å². The molecule has 0 fully saturated rings. The van der Waals surface area contributed by atoms with Gasteiger partial charge in [0.25, 0.3) is 0 Å². The Kier molecular flexibility index (Phi) is 5.02. The van der Waals surface area contributed by atoms with Crippen LogP contribution in [0.25, 0.3) is 0 Å². The Bertz CT molecular complexity index is 596. The molecule has 0 aromatic heterocycles. The Morgan fingerprint density at radius 3 is 2.40 bits per heavy atom. The first-order valence-electron chi connectivity index (χ1n) is 6.28. The summed E-state index contributed by atoms with van der Waals surface area (Å²) < 4.78 is 10.4. The molecule has 0 N–H and O–H groups in total. The summed E-state index contributed by atoms with van der Waals surface area (Å²) in [6, 6.07) is 14.5. The molecule has 3 nitrogen and oxygen atoms in total. The van der Waals surface area contributed by atoms with Crippen molar-refractivity contribution < 1.29 is 14.3 Å². The monoisotopic (exact) mass is 290 g/mol. The Morgan fingerprint density at radius 2 is 1.70 bits per heavy atom. The van der Waals surface area contributed by atoms with Crippen LogP contribution in [-0.4, -0.2) is 13.1 Å². The summed E-state index contributed by atoms with van der Waals surface area (Å²) >= 11 is 6.04. The third kappa shape index (κ3) is 3.75. The summed E-state index contributed by atoms with van der Waals surface area (Å²) in [4.78, 5) is 11.8. The van der Waals surface area contributed by atoms with Gasteiger partial charge in [0.1, 0.15) is 0 Å². The number of methoxy groups -OCH3 is 1. The van der Waals surface area contributed by atoms with E-state index in [1.54, 1.807) is 18.2 Å². The van der Waals surface area contributed by atoms with Gasteiger partial charge in [0.15, 0.2) is 11.5 Å². The first kappa shape index (κ1) is 14.4. The molecule has 0 spiro atoms. The topological polar surface area (TPSA) is 35.5 Å². The largest absolute Gasteiger partial charge is 0.493 e. The molecular weight excluding hydrogens is 276 g/mol. The van der Waals surface area contributed by atoms with E-state index in [2.05, 4.69) is 0 Å². The van der Waals surface area contributed by atoms with Gasteiger partial charge in [0.05, 0.1) is 13.5 Å². The van der Waals surface area contributed by atoms with Gasteiger partial charge in [-0.3, -0.25) is 4.79 Å². The van der Waals surface area contributed by atoms with Crippen molar-refractivity contribution in [2.75, 3.05) is 7.11 Å². The van der Waals surface area contributed by atoms with Crippen molar-refractivity contribution in [3.05, 3.63) is 59.1 Å². The van der Waals surface area contributed by atoms with E-state index in [9.17, 15) is 4.79 Å². The normalized spacial score (nSPS) is 10.1. The van der Waals surface area contributed by atoms with Crippen LogP contribution in [0.15, 0.2) is 48.5 Å². The second-order valence-corrected chi connectivity index (χ2v) is 4.62. The van der Waals surface area contributed by atoms with Crippen LogP contribution < -0.4 is 9.47 Å². The van der Waals surface area contributed by atoms with Gasteiger partial charge in [-0.25, -0.2) is 0 Å². The van der Waals surface area contributed by atoms with Crippen molar-refractivity contribution >= 4 is 17.6 Å². The number of benzene rings is 2.